The molecule has 0 spiro atoms. The van der Waals surface area contributed by atoms with Crippen LogP contribution < -0.4 is 0 Å². The Morgan fingerprint density at radius 2 is 2.00 bits per heavy atom. The lowest BCUT2D eigenvalue weighted by molar-refractivity contribution is 0.0365. The zero-order valence-corrected chi connectivity index (χ0v) is 13.6. The molecule has 0 saturated carbocycles. The second-order valence-electron chi connectivity index (χ2n) is 4.70. The van der Waals surface area contributed by atoms with Crippen LogP contribution in [-0.4, -0.2) is 90.0 Å². The van der Waals surface area contributed by atoms with E-state index in [-0.39, 0.29) is 0 Å². The summed E-state index contributed by atoms with van der Waals surface area (Å²) in [6, 6.07) is 0. The molecular weight excluding hydrogens is 265 g/mol. The Morgan fingerprint density at radius 1 is 1.32 bits per heavy atom. The molecule has 19 heavy (non-hydrogen) atoms. The third-order valence-electron chi connectivity index (χ3n) is 3.47. The van der Waals surface area contributed by atoms with Gasteiger partial charge >= 0.3 is 0 Å². The fraction of sp³-hybridized carbons (Fsp3) is 1.00. The lowest BCUT2D eigenvalue weighted by Crippen LogP contribution is -2.40. The number of morpholine rings is 1. The minimum Gasteiger partial charge on any atom is -0.382 e. The molecule has 6 nitrogen and oxygen atoms in total. The molecule has 0 aromatic heterocycles. The van der Waals surface area contributed by atoms with Gasteiger partial charge in [0.1, 0.15) is 7.43 Å². The molecule has 0 N–H and O–H groups in total. The third kappa shape index (κ3) is 5.90. The number of methoxy groups -OCH3 is 1. The Hall–Kier alpha value is 0.0300. The van der Waals surface area contributed by atoms with E-state index in [1.807, 2.05) is 7.05 Å². The number of likely N-dealkylation sites (N-methyl/N-ethyl adjacent to an activating group) is 1. The fourth-order valence-corrected chi connectivity index (χ4v) is 3.40. The van der Waals surface area contributed by atoms with Gasteiger partial charge in [-0.2, -0.15) is 0 Å². The van der Waals surface area contributed by atoms with Crippen molar-refractivity contribution in [1.82, 2.24) is 9.57 Å². The monoisotopic (exact) mass is 293 g/mol. The van der Waals surface area contributed by atoms with Crippen LogP contribution in [-0.2, 0) is 14.0 Å². The van der Waals surface area contributed by atoms with Crippen LogP contribution in [0, 0.1) is 0 Å². The first kappa shape index (κ1) is 17.1. The van der Waals surface area contributed by atoms with E-state index >= 15 is 0 Å². The van der Waals surface area contributed by atoms with Crippen molar-refractivity contribution in [1.29, 1.82) is 0 Å². The lowest BCUT2D eigenvalue weighted by Gasteiger charge is -2.33. The van der Waals surface area contributed by atoms with Crippen molar-refractivity contribution in [2.45, 2.75) is 0 Å². The standard InChI is InChI=1S/C12H28N3O3P/c1-13-19(4,18-12-11-16-3)14(2)5-6-15-7-9-17-10-8-15/h5-12H2,1-4H3. The Labute approximate surface area is 117 Å². The highest BCUT2D eigenvalue weighted by Gasteiger charge is 2.20. The van der Waals surface area contributed by atoms with Gasteiger partial charge in [-0.15, -0.1) is 0 Å². The maximum Gasteiger partial charge on any atom is 0.150 e. The summed E-state index contributed by atoms with van der Waals surface area (Å²) in [5.41, 5.74) is 0. The molecule has 1 saturated heterocycles. The second kappa shape index (κ2) is 9.06. The van der Waals surface area contributed by atoms with Crippen molar-refractivity contribution in [3.63, 3.8) is 0 Å². The number of hydrogen-bond acceptors (Lipinski definition) is 5. The van der Waals surface area contributed by atoms with E-state index in [2.05, 4.69) is 28.0 Å². The minimum atomic E-state index is -1.82. The highest BCUT2D eigenvalue weighted by Crippen LogP contribution is 2.48. The van der Waals surface area contributed by atoms with Gasteiger partial charge in [0.25, 0.3) is 0 Å². The first-order chi connectivity index (χ1) is 9.12. The summed E-state index contributed by atoms with van der Waals surface area (Å²) in [4.78, 5) is 2.43. The molecular formula is C12H28N3O3P. The molecule has 114 valence electrons. The average Bonchev–Trinajstić information content (AvgIpc) is 2.45. The molecule has 0 radical (unpaired) electrons. The summed E-state index contributed by atoms with van der Waals surface area (Å²) in [6.45, 7) is 9.06. The summed E-state index contributed by atoms with van der Waals surface area (Å²) in [7, 11) is 3.80. The normalized spacial score (nSPS) is 20.5. The topological polar surface area (TPSA) is 46.5 Å². The molecule has 0 aliphatic carbocycles. The molecule has 1 heterocycles. The van der Waals surface area contributed by atoms with Gasteiger partial charge in [-0.3, -0.25) is 14.3 Å². The number of hydrogen-bond donors (Lipinski definition) is 0. The first-order valence-electron chi connectivity index (χ1n) is 6.75. The molecule has 0 bridgehead atoms. The number of nitrogens with zero attached hydrogens (tertiary/aromatic N) is 3. The molecule has 0 aromatic rings. The van der Waals surface area contributed by atoms with Gasteiger partial charge < -0.3 is 14.0 Å². The molecule has 1 unspecified atom stereocenters. The van der Waals surface area contributed by atoms with Crippen LogP contribution in [0.25, 0.3) is 0 Å². The van der Waals surface area contributed by atoms with Gasteiger partial charge in [0, 0.05) is 47.0 Å². The van der Waals surface area contributed by atoms with Gasteiger partial charge in [0.15, 0.2) is 0 Å². The van der Waals surface area contributed by atoms with E-state index in [1.54, 1.807) is 7.11 Å². The van der Waals surface area contributed by atoms with Gasteiger partial charge in [-0.25, -0.2) is 0 Å². The van der Waals surface area contributed by atoms with Crippen LogP contribution in [0.3, 0.4) is 0 Å². The van der Waals surface area contributed by atoms with Crippen LogP contribution in [0.15, 0.2) is 4.74 Å². The highest BCUT2D eigenvalue weighted by atomic mass is 31.2. The Kier molecular flexibility index (Phi) is 8.14. The van der Waals surface area contributed by atoms with Crippen LogP contribution in [0.2, 0.25) is 0 Å². The molecule has 1 rings (SSSR count). The molecule has 1 aliphatic heterocycles. The summed E-state index contributed by atoms with van der Waals surface area (Å²) in [5.74, 6) is 0. The quantitative estimate of drug-likeness (QED) is 0.497. The van der Waals surface area contributed by atoms with Crippen molar-refractivity contribution in [2.75, 3.05) is 80.5 Å². The van der Waals surface area contributed by atoms with Crippen LogP contribution in [0.5, 0.6) is 0 Å². The smallest absolute Gasteiger partial charge is 0.150 e. The predicted molar refractivity (Wildman–Crippen MR) is 78.9 cm³/mol. The van der Waals surface area contributed by atoms with Gasteiger partial charge in [0.2, 0.25) is 0 Å². The van der Waals surface area contributed by atoms with Crippen molar-refractivity contribution >= 4 is 7.43 Å². The second-order valence-corrected chi connectivity index (χ2v) is 7.71. The molecule has 1 atom stereocenters. The Morgan fingerprint density at radius 3 is 2.58 bits per heavy atom. The van der Waals surface area contributed by atoms with Crippen molar-refractivity contribution in [3.05, 3.63) is 0 Å². The molecule has 1 aliphatic rings. The van der Waals surface area contributed by atoms with Gasteiger partial charge in [0.05, 0.1) is 26.4 Å². The first-order valence-corrected chi connectivity index (χ1v) is 8.81. The summed E-state index contributed by atoms with van der Waals surface area (Å²) >= 11 is 0. The zero-order valence-electron chi connectivity index (χ0n) is 12.7. The summed E-state index contributed by atoms with van der Waals surface area (Å²) in [5, 5.41) is 0. The molecule has 0 aromatic carbocycles. The lowest BCUT2D eigenvalue weighted by atomic mass is 10.4. The third-order valence-corrected chi connectivity index (χ3v) is 6.35. The highest BCUT2D eigenvalue weighted by molar-refractivity contribution is 7.58. The molecule has 0 amide bonds. The van der Waals surface area contributed by atoms with E-state index in [0.717, 1.165) is 39.4 Å². The average molecular weight is 293 g/mol. The van der Waals surface area contributed by atoms with Gasteiger partial charge in [-0.1, -0.05) is 0 Å². The fourth-order valence-electron chi connectivity index (χ4n) is 1.90. The maximum atomic E-state index is 5.92. The van der Waals surface area contributed by atoms with E-state index in [1.165, 1.54) is 0 Å². The predicted octanol–water partition coefficient (Wildman–Crippen LogP) is 1.20. The summed E-state index contributed by atoms with van der Waals surface area (Å²) < 4.78 is 23.0. The van der Waals surface area contributed by atoms with Crippen molar-refractivity contribution in [3.8, 4) is 0 Å². The summed E-state index contributed by atoms with van der Waals surface area (Å²) in [6.07, 6.45) is 0. The minimum absolute atomic E-state index is 0.597. The molecule has 7 heteroatoms. The van der Waals surface area contributed by atoms with E-state index in [4.69, 9.17) is 14.0 Å². The Balaban J connectivity index is 2.37. The molecule has 1 fully saturated rings. The number of ether oxygens (including phenoxy) is 2. The SMILES string of the molecule is CN=P(C)(OCCOC)N(C)CCN1CCOCC1. The van der Waals surface area contributed by atoms with Gasteiger partial charge in [-0.05, 0) is 7.05 Å². The maximum absolute atomic E-state index is 5.92. The Bertz CT molecular complexity index is 296. The van der Waals surface area contributed by atoms with Crippen LogP contribution in [0.1, 0.15) is 0 Å². The van der Waals surface area contributed by atoms with Crippen LogP contribution >= 0.6 is 7.43 Å². The number of rotatable bonds is 8. The van der Waals surface area contributed by atoms with Crippen LogP contribution in [0.4, 0.5) is 0 Å². The van der Waals surface area contributed by atoms with Crippen molar-refractivity contribution < 1.29 is 14.0 Å². The van der Waals surface area contributed by atoms with E-state index < -0.39 is 7.43 Å². The zero-order chi connectivity index (χ0) is 14.1. The van der Waals surface area contributed by atoms with Crippen molar-refractivity contribution in [2.24, 2.45) is 4.74 Å². The van der Waals surface area contributed by atoms with E-state index in [9.17, 15) is 0 Å². The largest absolute Gasteiger partial charge is 0.382 e. The van der Waals surface area contributed by atoms with E-state index in [0.29, 0.717) is 13.2 Å².